The van der Waals surface area contributed by atoms with Gasteiger partial charge in [0.05, 0.1) is 6.61 Å². The number of hydrogen-bond acceptors (Lipinski definition) is 13. The summed E-state index contributed by atoms with van der Waals surface area (Å²) in [6, 6.07) is 0. The van der Waals surface area contributed by atoms with Gasteiger partial charge in [0.25, 0.3) is 0 Å². The molecular weight excluding hydrogens is 522 g/mol. The number of nitrogen functional groups attached to an aromatic ring is 1. The van der Waals surface area contributed by atoms with E-state index in [1.165, 1.54) is 0 Å². The van der Waals surface area contributed by atoms with E-state index in [1.807, 2.05) is 5.92 Å². The third-order valence-electron chi connectivity index (χ3n) is 3.74. The average Bonchev–Trinajstić information content (AvgIpc) is 2.87. The Kier molecular flexibility index (Phi) is 8.32. The predicted octanol–water partition coefficient (Wildman–Crippen LogP) is -2.51. The van der Waals surface area contributed by atoms with Crippen LogP contribution in [0.25, 0.3) is 0 Å². The van der Waals surface area contributed by atoms with Crippen LogP contribution in [0.2, 0.25) is 0 Å². The number of aliphatic hydroxyl groups is 1. The molecule has 186 valence electrons. The smallest absolute Gasteiger partial charge is 0.387 e. The van der Waals surface area contributed by atoms with Gasteiger partial charge in [-0.1, -0.05) is 11.8 Å². The lowest BCUT2D eigenvalue weighted by molar-refractivity contribution is -0.0471. The maximum Gasteiger partial charge on any atom is 0.490 e. The Bertz CT molecular complexity index is 1150. The zero-order chi connectivity index (χ0) is 25.2. The molecule has 1 aromatic rings. The van der Waals surface area contributed by atoms with Crippen LogP contribution < -0.4 is 17.2 Å². The zero-order valence-electron chi connectivity index (χ0n) is 15.9. The number of aromatic nitrogens is 3. The molecular formula is C11H17FN5O13P3. The van der Waals surface area contributed by atoms with Crippen molar-refractivity contribution in [2.75, 3.05) is 19.0 Å². The number of hydrogen-bond donors (Lipinski definition) is 7. The average molecular weight is 539 g/mol. The van der Waals surface area contributed by atoms with E-state index in [-0.39, 0.29) is 0 Å². The van der Waals surface area contributed by atoms with Crippen LogP contribution in [0.5, 0.6) is 0 Å². The second kappa shape index (κ2) is 9.94. The Balaban J connectivity index is 2.26. The molecule has 1 saturated heterocycles. The van der Waals surface area contributed by atoms with Gasteiger partial charge >= 0.3 is 29.2 Å². The summed E-state index contributed by atoms with van der Waals surface area (Å²) < 4.78 is 63.9. The maximum absolute atomic E-state index is 12.6. The van der Waals surface area contributed by atoms with Gasteiger partial charge in [-0.2, -0.15) is 13.6 Å². The van der Waals surface area contributed by atoms with Gasteiger partial charge in [-0.15, -0.1) is 0 Å². The molecule has 0 bridgehead atoms. The third-order valence-corrected chi connectivity index (χ3v) is 7.54. The quantitative estimate of drug-likeness (QED) is 0.133. The number of anilines is 1. The molecule has 0 aliphatic carbocycles. The standard InChI is InChI=1S/C11H17FN5O13P3/c12-3-1-2-11(14)7(18)6(28-8(11)17-5-15-9(13)16-10(17)19)4-27-32(23,24)30-33(25,26)29-31(20,21)22/h5-8,18H,3-4,14H2,(H,23,24)(H,25,26)(H2,13,16,19)(H2,20,21,22)/t6-,7+,8-,11?/m1/s1. The molecule has 6 atom stereocenters. The molecule has 0 saturated carbocycles. The lowest BCUT2D eigenvalue weighted by atomic mass is 9.91. The van der Waals surface area contributed by atoms with E-state index in [4.69, 9.17) is 30.9 Å². The van der Waals surface area contributed by atoms with Crippen molar-refractivity contribution in [1.29, 1.82) is 0 Å². The molecule has 22 heteroatoms. The predicted molar refractivity (Wildman–Crippen MR) is 101 cm³/mol. The summed E-state index contributed by atoms with van der Waals surface area (Å²) >= 11 is 0. The van der Waals surface area contributed by atoms with Crippen molar-refractivity contribution in [2.24, 2.45) is 5.73 Å². The first-order valence-electron chi connectivity index (χ1n) is 8.17. The van der Waals surface area contributed by atoms with Gasteiger partial charge < -0.3 is 40.9 Å². The minimum absolute atomic E-state index is 0.420. The minimum atomic E-state index is -5.79. The molecule has 0 aromatic carbocycles. The van der Waals surface area contributed by atoms with Crippen LogP contribution in [0.4, 0.5) is 10.3 Å². The van der Waals surface area contributed by atoms with Crippen LogP contribution >= 0.6 is 23.5 Å². The lowest BCUT2D eigenvalue weighted by Crippen LogP contribution is -2.55. The summed E-state index contributed by atoms with van der Waals surface area (Å²) in [6.07, 6.45) is -4.50. The maximum atomic E-state index is 12.6. The Morgan fingerprint density at radius 1 is 1.24 bits per heavy atom. The molecule has 18 nitrogen and oxygen atoms in total. The molecule has 9 N–H and O–H groups in total. The Labute approximate surface area is 182 Å². The number of nitrogens with zero attached hydrogens (tertiary/aromatic N) is 3. The molecule has 33 heavy (non-hydrogen) atoms. The van der Waals surface area contributed by atoms with E-state index in [9.17, 15) is 32.9 Å². The summed E-state index contributed by atoms with van der Waals surface area (Å²) in [6.45, 7) is -2.33. The van der Waals surface area contributed by atoms with Gasteiger partial charge in [0, 0.05) is 0 Å². The molecule has 0 spiro atoms. The second-order valence-corrected chi connectivity index (χ2v) is 10.6. The number of halogens is 1. The van der Waals surface area contributed by atoms with E-state index >= 15 is 0 Å². The first-order valence-corrected chi connectivity index (χ1v) is 12.7. The van der Waals surface area contributed by atoms with Crippen LogP contribution in [-0.4, -0.2) is 70.2 Å². The van der Waals surface area contributed by atoms with Crippen LogP contribution in [-0.2, 0) is 31.6 Å². The van der Waals surface area contributed by atoms with E-state index in [1.54, 1.807) is 0 Å². The highest BCUT2D eigenvalue weighted by molar-refractivity contribution is 7.66. The van der Waals surface area contributed by atoms with Gasteiger partial charge in [-0.05, 0) is 0 Å². The van der Waals surface area contributed by atoms with Crippen molar-refractivity contribution in [3.63, 3.8) is 0 Å². The van der Waals surface area contributed by atoms with Crippen molar-refractivity contribution in [3.05, 3.63) is 16.8 Å². The molecule has 1 aliphatic rings. The highest BCUT2D eigenvalue weighted by atomic mass is 31.3. The van der Waals surface area contributed by atoms with Gasteiger partial charge in [0.15, 0.2) is 11.8 Å². The Hall–Kier alpha value is -1.61. The first kappa shape index (κ1) is 27.6. The molecule has 2 heterocycles. The first-order chi connectivity index (χ1) is 15.0. The number of aliphatic hydroxyl groups excluding tert-OH is 1. The van der Waals surface area contributed by atoms with Crippen LogP contribution in [0.15, 0.2) is 11.1 Å². The summed E-state index contributed by atoms with van der Waals surface area (Å²) in [7, 11) is -17.0. The highest BCUT2D eigenvalue weighted by Crippen LogP contribution is 2.66. The molecule has 1 fully saturated rings. The fraction of sp³-hybridized carbons (Fsp3) is 0.545. The molecule has 0 amide bonds. The second-order valence-electron chi connectivity index (χ2n) is 6.13. The van der Waals surface area contributed by atoms with E-state index in [2.05, 4.69) is 29.0 Å². The minimum Gasteiger partial charge on any atom is -0.387 e. The summed E-state index contributed by atoms with van der Waals surface area (Å²) in [5.74, 6) is 3.69. The Morgan fingerprint density at radius 3 is 2.42 bits per heavy atom. The lowest BCUT2D eigenvalue weighted by Gasteiger charge is -2.27. The van der Waals surface area contributed by atoms with Crippen molar-refractivity contribution in [2.45, 2.75) is 24.0 Å². The number of phosphoric ester groups is 1. The molecule has 2 rings (SSSR count). The molecule has 1 aromatic heterocycles. The van der Waals surface area contributed by atoms with Crippen LogP contribution in [0.1, 0.15) is 6.23 Å². The van der Waals surface area contributed by atoms with Gasteiger partial charge in [-0.3, -0.25) is 9.09 Å². The third kappa shape index (κ3) is 7.18. The number of phosphoric acid groups is 3. The number of nitrogens with two attached hydrogens (primary N) is 2. The van der Waals surface area contributed by atoms with E-state index in [0.717, 1.165) is 6.33 Å². The number of alkyl halides is 1. The number of rotatable bonds is 8. The fourth-order valence-corrected chi connectivity index (χ4v) is 5.57. The van der Waals surface area contributed by atoms with Gasteiger partial charge in [-0.25, -0.2) is 27.9 Å². The molecule has 3 unspecified atom stereocenters. The van der Waals surface area contributed by atoms with Crippen molar-refractivity contribution >= 4 is 29.4 Å². The molecule has 1 aliphatic heterocycles. The summed E-state index contributed by atoms with van der Waals surface area (Å²) in [5, 5.41) is 10.5. The fourth-order valence-electron chi connectivity index (χ4n) is 2.54. The highest BCUT2D eigenvalue weighted by Gasteiger charge is 2.55. The largest absolute Gasteiger partial charge is 0.490 e. The summed E-state index contributed by atoms with van der Waals surface area (Å²) in [4.78, 5) is 54.7. The van der Waals surface area contributed by atoms with E-state index in [0.29, 0.717) is 4.57 Å². The SMILES string of the molecule is Nc1ncn([C@@H]2O[C@H](COP(=O)(O)OP(=O)(O)OP(=O)(O)O)[C@H](O)C2(N)C#CCF)c(=O)n1. The van der Waals surface area contributed by atoms with Crippen LogP contribution in [0, 0.1) is 11.8 Å². The Morgan fingerprint density at radius 2 is 1.88 bits per heavy atom. The van der Waals surface area contributed by atoms with Gasteiger partial charge in [0.1, 0.15) is 25.2 Å². The normalized spacial score (nSPS) is 29.0. The topological polar surface area (TPSA) is 289 Å². The van der Waals surface area contributed by atoms with Crippen molar-refractivity contribution < 1.29 is 60.6 Å². The summed E-state index contributed by atoms with van der Waals surface area (Å²) in [5.41, 5.74) is 8.00. The van der Waals surface area contributed by atoms with Crippen LogP contribution in [0.3, 0.4) is 0 Å². The monoisotopic (exact) mass is 539 g/mol. The van der Waals surface area contributed by atoms with E-state index < -0.39 is 72.4 Å². The van der Waals surface area contributed by atoms with Gasteiger partial charge in [0.2, 0.25) is 5.95 Å². The van der Waals surface area contributed by atoms with Crippen molar-refractivity contribution in [1.82, 2.24) is 14.5 Å². The number of ether oxygens (including phenoxy) is 1. The zero-order valence-corrected chi connectivity index (χ0v) is 18.6. The van der Waals surface area contributed by atoms with Crippen molar-refractivity contribution in [3.8, 4) is 11.8 Å². The molecule has 0 radical (unpaired) electrons.